The summed E-state index contributed by atoms with van der Waals surface area (Å²) in [5.74, 6) is -0.278. The van der Waals surface area contributed by atoms with Crippen molar-refractivity contribution in [2.75, 3.05) is 11.9 Å². The third kappa shape index (κ3) is 4.91. The van der Waals surface area contributed by atoms with Crippen LogP contribution in [-0.2, 0) is 12.8 Å². The molecule has 0 fully saturated rings. The van der Waals surface area contributed by atoms with Gasteiger partial charge < -0.3 is 10.6 Å². The number of benzene rings is 2. The Bertz CT molecular complexity index is 677. The Morgan fingerprint density at radius 3 is 2.59 bits per heavy atom. The van der Waals surface area contributed by atoms with E-state index < -0.39 is 0 Å². The summed E-state index contributed by atoms with van der Waals surface area (Å²) >= 11 is 0. The van der Waals surface area contributed by atoms with Crippen LogP contribution in [0.25, 0.3) is 0 Å². The van der Waals surface area contributed by atoms with Gasteiger partial charge in [-0.3, -0.25) is 0 Å². The molecule has 0 aliphatic heterocycles. The molecule has 2 rings (SSSR count). The molecule has 2 aromatic carbocycles. The number of urea groups is 1. The molecule has 112 valence electrons. The Balaban J connectivity index is 1.77. The molecule has 0 aliphatic carbocycles. The lowest BCUT2D eigenvalue weighted by molar-refractivity contribution is 0.252. The number of nitrogens with zero attached hydrogens (tertiary/aromatic N) is 1. The van der Waals surface area contributed by atoms with Crippen LogP contribution >= 0.6 is 0 Å². The van der Waals surface area contributed by atoms with Crippen LogP contribution in [0.4, 0.5) is 14.9 Å². The second kappa shape index (κ2) is 7.79. The van der Waals surface area contributed by atoms with Gasteiger partial charge in [0.25, 0.3) is 0 Å². The van der Waals surface area contributed by atoms with E-state index in [-0.39, 0.29) is 11.8 Å². The fourth-order valence-electron chi connectivity index (χ4n) is 1.99. The van der Waals surface area contributed by atoms with Gasteiger partial charge in [0, 0.05) is 12.2 Å². The molecular weight excluding hydrogens is 281 g/mol. The fraction of sp³-hybridized carbons (Fsp3) is 0.176. The lowest BCUT2D eigenvalue weighted by atomic mass is 10.1. The van der Waals surface area contributed by atoms with Gasteiger partial charge in [-0.1, -0.05) is 24.3 Å². The van der Waals surface area contributed by atoms with E-state index in [1.807, 2.05) is 6.07 Å². The van der Waals surface area contributed by atoms with Gasteiger partial charge in [0.05, 0.1) is 12.5 Å². The average molecular weight is 297 g/mol. The highest BCUT2D eigenvalue weighted by molar-refractivity contribution is 5.89. The number of nitrogens with one attached hydrogen (secondary N) is 2. The molecule has 5 heteroatoms. The molecule has 0 saturated carbocycles. The number of carbonyl (C=O) groups is 1. The van der Waals surface area contributed by atoms with E-state index in [0.29, 0.717) is 25.1 Å². The normalized spacial score (nSPS) is 9.82. The SMILES string of the molecule is N#CCc1ccc(NC(=O)NCCc2cccc(F)c2)cc1. The molecule has 0 radical (unpaired) electrons. The number of rotatable bonds is 5. The van der Waals surface area contributed by atoms with Gasteiger partial charge in [-0.15, -0.1) is 0 Å². The standard InChI is InChI=1S/C17H16FN3O/c18-15-3-1-2-14(12-15)9-11-20-17(22)21-16-6-4-13(5-7-16)8-10-19/h1-7,12H,8-9,11H2,(H2,20,21,22). The quantitative estimate of drug-likeness (QED) is 0.889. The largest absolute Gasteiger partial charge is 0.338 e. The number of halogens is 1. The first-order valence-electron chi connectivity index (χ1n) is 6.92. The van der Waals surface area contributed by atoms with Gasteiger partial charge in [-0.25, -0.2) is 9.18 Å². The van der Waals surface area contributed by atoms with Crippen molar-refractivity contribution in [3.63, 3.8) is 0 Å². The highest BCUT2D eigenvalue weighted by atomic mass is 19.1. The molecule has 0 unspecified atom stereocenters. The van der Waals surface area contributed by atoms with Crippen molar-refractivity contribution in [2.45, 2.75) is 12.8 Å². The lowest BCUT2D eigenvalue weighted by Gasteiger charge is -2.08. The third-order valence-corrected chi connectivity index (χ3v) is 3.08. The number of amides is 2. The molecule has 2 N–H and O–H groups in total. The van der Waals surface area contributed by atoms with Crippen LogP contribution in [0.2, 0.25) is 0 Å². The molecule has 0 bridgehead atoms. The van der Waals surface area contributed by atoms with E-state index >= 15 is 0 Å². The predicted molar refractivity (Wildman–Crippen MR) is 82.9 cm³/mol. The van der Waals surface area contributed by atoms with Crippen molar-refractivity contribution in [3.05, 3.63) is 65.5 Å². The molecule has 4 nitrogen and oxygen atoms in total. The summed E-state index contributed by atoms with van der Waals surface area (Å²) in [4.78, 5) is 11.7. The molecule has 0 aliphatic rings. The lowest BCUT2D eigenvalue weighted by Crippen LogP contribution is -2.30. The van der Waals surface area contributed by atoms with Crippen LogP contribution in [0.1, 0.15) is 11.1 Å². The zero-order valence-corrected chi connectivity index (χ0v) is 12.0. The number of carbonyl (C=O) groups excluding carboxylic acids is 1. The number of anilines is 1. The van der Waals surface area contributed by atoms with E-state index in [2.05, 4.69) is 16.7 Å². The van der Waals surface area contributed by atoms with Gasteiger partial charge in [-0.2, -0.15) is 5.26 Å². The van der Waals surface area contributed by atoms with Crippen LogP contribution < -0.4 is 10.6 Å². The van der Waals surface area contributed by atoms with Crippen molar-refractivity contribution >= 4 is 11.7 Å². The zero-order valence-electron chi connectivity index (χ0n) is 12.0. The van der Waals surface area contributed by atoms with E-state index in [9.17, 15) is 9.18 Å². The summed E-state index contributed by atoms with van der Waals surface area (Å²) in [6.07, 6.45) is 0.909. The second-order valence-electron chi connectivity index (χ2n) is 4.79. The first-order chi connectivity index (χ1) is 10.7. The smallest absolute Gasteiger partial charge is 0.319 e. The number of hydrogen-bond donors (Lipinski definition) is 2. The first-order valence-corrected chi connectivity index (χ1v) is 6.92. The van der Waals surface area contributed by atoms with Gasteiger partial charge in [0.1, 0.15) is 5.82 Å². The molecule has 22 heavy (non-hydrogen) atoms. The Morgan fingerprint density at radius 2 is 1.91 bits per heavy atom. The molecule has 2 aromatic rings. The van der Waals surface area contributed by atoms with Crippen LogP contribution in [0.15, 0.2) is 48.5 Å². The van der Waals surface area contributed by atoms with Crippen LogP contribution in [0, 0.1) is 17.1 Å². The highest BCUT2D eigenvalue weighted by Crippen LogP contribution is 2.09. The molecule has 0 saturated heterocycles. The molecule has 0 atom stereocenters. The Morgan fingerprint density at radius 1 is 1.14 bits per heavy atom. The fourth-order valence-corrected chi connectivity index (χ4v) is 1.99. The predicted octanol–water partition coefficient (Wildman–Crippen LogP) is 3.26. The van der Waals surface area contributed by atoms with Crippen LogP contribution in [0.5, 0.6) is 0 Å². The van der Waals surface area contributed by atoms with Crippen molar-refractivity contribution in [3.8, 4) is 6.07 Å². The summed E-state index contributed by atoms with van der Waals surface area (Å²) in [6.45, 7) is 0.418. The Hall–Kier alpha value is -2.87. The van der Waals surface area contributed by atoms with Gasteiger partial charge in [-0.05, 0) is 41.8 Å². The Kier molecular flexibility index (Phi) is 5.50. The first kappa shape index (κ1) is 15.5. The molecule has 2 amide bonds. The highest BCUT2D eigenvalue weighted by Gasteiger charge is 2.02. The number of nitriles is 1. The second-order valence-corrected chi connectivity index (χ2v) is 4.79. The summed E-state index contributed by atoms with van der Waals surface area (Å²) in [7, 11) is 0. The van der Waals surface area contributed by atoms with Gasteiger partial charge in [0.15, 0.2) is 0 Å². The van der Waals surface area contributed by atoms with Crippen molar-refractivity contribution in [2.24, 2.45) is 0 Å². The minimum atomic E-state index is -0.315. The zero-order chi connectivity index (χ0) is 15.8. The molecule has 0 spiro atoms. The van der Waals surface area contributed by atoms with Crippen molar-refractivity contribution in [1.82, 2.24) is 5.32 Å². The molecular formula is C17H16FN3O. The van der Waals surface area contributed by atoms with Gasteiger partial charge in [0.2, 0.25) is 0 Å². The van der Waals surface area contributed by atoms with Crippen LogP contribution in [-0.4, -0.2) is 12.6 Å². The minimum Gasteiger partial charge on any atom is -0.338 e. The van der Waals surface area contributed by atoms with E-state index in [4.69, 9.17) is 5.26 Å². The maximum absolute atomic E-state index is 13.0. The maximum Gasteiger partial charge on any atom is 0.319 e. The topological polar surface area (TPSA) is 64.9 Å². The third-order valence-electron chi connectivity index (χ3n) is 3.08. The maximum atomic E-state index is 13.0. The molecule has 0 heterocycles. The monoisotopic (exact) mass is 297 g/mol. The summed E-state index contributed by atoms with van der Waals surface area (Å²) < 4.78 is 13.0. The van der Waals surface area contributed by atoms with E-state index in [0.717, 1.165) is 11.1 Å². The Labute approximate surface area is 128 Å². The van der Waals surface area contributed by atoms with Crippen molar-refractivity contribution < 1.29 is 9.18 Å². The van der Waals surface area contributed by atoms with E-state index in [1.165, 1.54) is 12.1 Å². The van der Waals surface area contributed by atoms with Crippen molar-refractivity contribution in [1.29, 1.82) is 5.26 Å². The van der Waals surface area contributed by atoms with Crippen LogP contribution in [0.3, 0.4) is 0 Å². The summed E-state index contributed by atoms with van der Waals surface area (Å²) in [5, 5.41) is 14.0. The molecule has 0 aromatic heterocycles. The van der Waals surface area contributed by atoms with Gasteiger partial charge >= 0.3 is 6.03 Å². The number of hydrogen-bond acceptors (Lipinski definition) is 2. The van der Waals surface area contributed by atoms with E-state index in [1.54, 1.807) is 30.3 Å². The average Bonchev–Trinajstić information content (AvgIpc) is 2.50. The summed E-state index contributed by atoms with van der Waals surface area (Å²) in [6, 6.07) is 15.1. The summed E-state index contributed by atoms with van der Waals surface area (Å²) in [5.41, 5.74) is 2.39. The minimum absolute atomic E-state index is 0.278.